The highest BCUT2D eigenvalue weighted by Gasteiger charge is 2.30. The van der Waals surface area contributed by atoms with Crippen LogP contribution in [0.1, 0.15) is 37.8 Å². The second-order valence-electron chi connectivity index (χ2n) is 10.8. The number of methoxy groups -OCH3 is 1. The second kappa shape index (κ2) is 16.0. The van der Waals surface area contributed by atoms with E-state index in [0.717, 1.165) is 17.4 Å². The standard InChI is InChI=1S/C32H39Cl2N3O5S/c1-23(2)21-35-32(39)29(19-24-10-6-5-7-11-24)36(22-25-12-8-13-26(33)18-25)31(38)14-9-17-37(43(4,40)41)27-15-16-30(42-3)28(34)20-27/h5-8,10-13,15-16,18,20,23,29H,9,14,17,19,21-22H2,1-4H3,(H,35,39). The smallest absolute Gasteiger partial charge is 0.243 e. The molecule has 3 rings (SSSR count). The molecule has 232 valence electrons. The fourth-order valence-electron chi connectivity index (χ4n) is 4.62. The van der Waals surface area contributed by atoms with Gasteiger partial charge < -0.3 is 15.0 Å². The molecule has 0 aliphatic heterocycles. The summed E-state index contributed by atoms with van der Waals surface area (Å²) in [5.74, 6) is 0.123. The first-order chi connectivity index (χ1) is 20.4. The first-order valence-electron chi connectivity index (χ1n) is 14.1. The minimum atomic E-state index is -3.68. The van der Waals surface area contributed by atoms with Crippen LogP contribution in [0.25, 0.3) is 0 Å². The Bertz CT molecular complexity index is 1490. The monoisotopic (exact) mass is 647 g/mol. The normalized spacial score (nSPS) is 12.1. The second-order valence-corrected chi connectivity index (χ2v) is 13.5. The van der Waals surface area contributed by atoms with Gasteiger partial charge in [0.15, 0.2) is 0 Å². The maximum absolute atomic E-state index is 13.9. The molecule has 0 spiro atoms. The van der Waals surface area contributed by atoms with Crippen LogP contribution in [0, 0.1) is 5.92 Å². The minimum absolute atomic E-state index is 0.0131. The van der Waals surface area contributed by atoms with Crippen LogP contribution in [0.15, 0.2) is 72.8 Å². The summed E-state index contributed by atoms with van der Waals surface area (Å²) >= 11 is 12.5. The zero-order valence-electron chi connectivity index (χ0n) is 24.9. The Morgan fingerprint density at radius 2 is 1.65 bits per heavy atom. The topological polar surface area (TPSA) is 96.0 Å². The van der Waals surface area contributed by atoms with Crippen LogP contribution in [-0.4, -0.2) is 57.6 Å². The van der Waals surface area contributed by atoms with Crippen LogP contribution >= 0.6 is 23.2 Å². The number of rotatable bonds is 15. The van der Waals surface area contributed by atoms with E-state index < -0.39 is 16.1 Å². The van der Waals surface area contributed by atoms with Crippen molar-refractivity contribution >= 4 is 50.7 Å². The Hall–Kier alpha value is -3.27. The lowest BCUT2D eigenvalue weighted by atomic mass is 10.0. The number of halogens is 2. The van der Waals surface area contributed by atoms with Gasteiger partial charge in [-0.3, -0.25) is 13.9 Å². The Balaban J connectivity index is 1.89. The third-order valence-corrected chi connectivity index (χ3v) is 8.50. The van der Waals surface area contributed by atoms with Crippen molar-refractivity contribution < 1.29 is 22.7 Å². The highest BCUT2D eigenvalue weighted by atomic mass is 35.5. The van der Waals surface area contributed by atoms with E-state index in [2.05, 4.69) is 5.32 Å². The van der Waals surface area contributed by atoms with E-state index in [4.69, 9.17) is 27.9 Å². The molecule has 3 aromatic carbocycles. The van der Waals surface area contributed by atoms with Crippen molar-refractivity contribution in [3.05, 3.63) is 94.0 Å². The lowest BCUT2D eigenvalue weighted by Gasteiger charge is -2.32. The first kappa shape index (κ1) is 34.2. The van der Waals surface area contributed by atoms with Crippen LogP contribution in [0.2, 0.25) is 10.0 Å². The highest BCUT2D eigenvalue weighted by molar-refractivity contribution is 7.92. The molecule has 0 aliphatic rings. The molecule has 11 heteroatoms. The largest absolute Gasteiger partial charge is 0.495 e. The summed E-state index contributed by atoms with van der Waals surface area (Å²) in [6.07, 6.45) is 1.65. The lowest BCUT2D eigenvalue weighted by Crippen LogP contribution is -2.51. The molecule has 43 heavy (non-hydrogen) atoms. The zero-order chi connectivity index (χ0) is 31.6. The molecule has 1 unspecified atom stereocenters. The van der Waals surface area contributed by atoms with Crippen molar-refractivity contribution in [2.24, 2.45) is 5.92 Å². The number of hydrogen-bond acceptors (Lipinski definition) is 5. The Morgan fingerprint density at radius 3 is 2.26 bits per heavy atom. The van der Waals surface area contributed by atoms with Crippen molar-refractivity contribution in [2.75, 3.05) is 30.8 Å². The molecule has 1 atom stereocenters. The summed E-state index contributed by atoms with van der Waals surface area (Å²) in [5.41, 5.74) is 2.06. The van der Waals surface area contributed by atoms with Gasteiger partial charge in [0, 0.05) is 37.5 Å². The fraction of sp³-hybridized carbons (Fsp3) is 0.375. The SMILES string of the molecule is COc1ccc(N(CCCC(=O)N(Cc2cccc(Cl)c2)C(Cc2ccccc2)C(=O)NCC(C)C)S(C)(=O)=O)cc1Cl. The average Bonchev–Trinajstić information content (AvgIpc) is 2.95. The van der Waals surface area contributed by atoms with Gasteiger partial charge in [-0.1, -0.05) is 79.5 Å². The molecular formula is C32H39Cl2N3O5S. The number of ether oxygens (including phenoxy) is 1. The van der Waals surface area contributed by atoms with Crippen molar-refractivity contribution in [3.8, 4) is 5.75 Å². The van der Waals surface area contributed by atoms with E-state index in [0.29, 0.717) is 29.4 Å². The van der Waals surface area contributed by atoms with Gasteiger partial charge in [0.25, 0.3) is 0 Å². The third-order valence-electron chi connectivity index (χ3n) is 6.77. The van der Waals surface area contributed by atoms with Gasteiger partial charge in [0.1, 0.15) is 11.8 Å². The van der Waals surface area contributed by atoms with Crippen molar-refractivity contribution in [1.82, 2.24) is 10.2 Å². The number of carbonyl (C=O) groups excluding carboxylic acids is 2. The van der Waals surface area contributed by atoms with E-state index in [1.54, 1.807) is 35.2 Å². The molecule has 3 aromatic rings. The molecule has 0 saturated carbocycles. The van der Waals surface area contributed by atoms with Gasteiger partial charge in [0.05, 0.1) is 24.1 Å². The lowest BCUT2D eigenvalue weighted by molar-refractivity contribution is -0.141. The summed E-state index contributed by atoms with van der Waals surface area (Å²) in [6, 6.07) is 20.6. The molecule has 0 heterocycles. The number of hydrogen-bond donors (Lipinski definition) is 1. The van der Waals surface area contributed by atoms with Gasteiger partial charge in [0.2, 0.25) is 21.8 Å². The quantitative estimate of drug-likeness (QED) is 0.220. The number of sulfonamides is 1. The number of amides is 2. The molecule has 0 saturated heterocycles. The molecule has 1 N–H and O–H groups in total. The molecule has 0 fully saturated rings. The Labute approximate surface area is 265 Å². The Morgan fingerprint density at radius 1 is 0.953 bits per heavy atom. The van der Waals surface area contributed by atoms with Crippen molar-refractivity contribution in [1.29, 1.82) is 0 Å². The maximum atomic E-state index is 13.9. The van der Waals surface area contributed by atoms with Gasteiger partial charge in [-0.2, -0.15) is 0 Å². The molecule has 8 nitrogen and oxygen atoms in total. The van der Waals surface area contributed by atoms with Crippen molar-refractivity contribution in [3.63, 3.8) is 0 Å². The van der Waals surface area contributed by atoms with E-state index in [9.17, 15) is 18.0 Å². The van der Waals surface area contributed by atoms with Gasteiger partial charge in [-0.15, -0.1) is 0 Å². The summed E-state index contributed by atoms with van der Waals surface area (Å²) in [4.78, 5) is 29.1. The molecule has 0 aromatic heterocycles. The summed E-state index contributed by atoms with van der Waals surface area (Å²) < 4.78 is 31.8. The van der Waals surface area contributed by atoms with Gasteiger partial charge in [-0.05, 0) is 53.8 Å². The zero-order valence-corrected chi connectivity index (χ0v) is 27.3. The van der Waals surface area contributed by atoms with Crippen LogP contribution in [0.3, 0.4) is 0 Å². The van der Waals surface area contributed by atoms with Crippen molar-refractivity contribution in [2.45, 2.75) is 45.7 Å². The molecule has 0 bridgehead atoms. The fourth-order valence-corrected chi connectivity index (χ4v) is 6.04. The van der Waals surface area contributed by atoms with Crippen LogP contribution < -0.4 is 14.4 Å². The van der Waals surface area contributed by atoms with Crippen LogP contribution in [-0.2, 0) is 32.6 Å². The van der Waals surface area contributed by atoms with E-state index in [1.165, 1.54) is 17.5 Å². The number of benzene rings is 3. The average molecular weight is 649 g/mol. The third kappa shape index (κ3) is 10.4. The Kier molecular flexibility index (Phi) is 12.7. The molecule has 0 radical (unpaired) electrons. The summed E-state index contributed by atoms with van der Waals surface area (Å²) in [6.45, 7) is 4.68. The van der Waals surface area contributed by atoms with Crippen LogP contribution in [0.4, 0.5) is 5.69 Å². The number of nitrogens with zero attached hydrogens (tertiary/aromatic N) is 2. The number of anilines is 1. The maximum Gasteiger partial charge on any atom is 0.243 e. The molecule has 2 amide bonds. The van der Waals surface area contributed by atoms with Gasteiger partial charge >= 0.3 is 0 Å². The highest BCUT2D eigenvalue weighted by Crippen LogP contribution is 2.30. The van der Waals surface area contributed by atoms with E-state index in [1.807, 2.05) is 50.2 Å². The molecular weight excluding hydrogens is 609 g/mol. The van der Waals surface area contributed by atoms with Crippen LogP contribution in [0.5, 0.6) is 5.75 Å². The number of carbonyl (C=O) groups is 2. The minimum Gasteiger partial charge on any atom is -0.495 e. The van der Waals surface area contributed by atoms with Gasteiger partial charge in [-0.25, -0.2) is 8.42 Å². The first-order valence-corrected chi connectivity index (χ1v) is 16.7. The number of nitrogens with one attached hydrogen (secondary N) is 1. The summed E-state index contributed by atoms with van der Waals surface area (Å²) in [5, 5.41) is 3.79. The van der Waals surface area contributed by atoms with E-state index >= 15 is 0 Å². The molecule has 0 aliphatic carbocycles. The predicted molar refractivity (Wildman–Crippen MR) is 173 cm³/mol. The predicted octanol–water partition coefficient (Wildman–Crippen LogP) is 5.96. The summed E-state index contributed by atoms with van der Waals surface area (Å²) in [7, 11) is -2.21. The van der Waals surface area contributed by atoms with E-state index in [-0.39, 0.29) is 48.7 Å².